The highest BCUT2D eigenvalue weighted by atomic mass is 32.2. The number of nitriles is 2. The maximum atomic E-state index is 12.5. The molecular weight excluding hydrogens is 412 g/mol. The average molecular weight is 431 g/mol. The van der Waals surface area contributed by atoms with Gasteiger partial charge in [-0.2, -0.15) is 10.5 Å². The van der Waals surface area contributed by atoms with Crippen LogP contribution in [0.25, 0.3) is 10.4 Å². The molecule has 0 atom stereocenters. The van der Waals surface area contributed by atoms with E-state index in [2.05, 4.69) is 34.6 Å². The Morgan fingerprint density at radius 3 is 2.83 bits per heavy atom. The van der Waals surface area contributed by atoms with E-state index < -0.39 is 0 Å². The summed E-state index contributed by atoms with van der Waals surface area (Å²) in [6.07, 6.45) is 1.99. The van der Waals surface area contributed by atoms with Gasteiger partial charge in [0.25, 0.3) is 0 Å². The SMILES string of the molecule is Cc1ccc(C#N)c(SCCC(=O)Nc2sc3c(c2C#N)CCc2ccccc2-3)n1. The van der Waals surface area contributed by atoms with E-state index in [9.17, 15) is 15.3 Å². The van der Waals surface area contributed by atoms with Crippen molar-refractivity contribution in [1.29, 1.82) is 10.5 Å². The van der Waals surface area contributed by atoms with Gasteiger partial charge in [0.2, 0.25) is 5.91 Å². The fourth-order valence-electron chi connectivity index (χ4n) is 3.50. The average Bonchev–Trinajstić information content (AvgIpc) is 3.11. The fourth-order valence-corrected chi connectivity index (χ4v) is 5.74. The van der Waals surface area contributed by atoms with Crippen LogP contribution in [0, 0.1) is 29.6 Å². The summed E-state index contributed by atoms with van der Waals surface area (Å²) in [5.41, 5.74) is 5.41. The smallest absolute Gasteiger partial charge is 0.225 e. The third kappa shape index (κ3) is 3.95. The van der Waals surface area contributed by atoms with Gasteiger partial charge in [-0.1, -0.05) is 24.3 Å². The van der Waals surface area contributed by atoms with Crippen LogP contribution >= 0.6 is 23.1 Å². The second-order valence-electron chi connectivity index (χ2n) is 6.95. The summed E-state index contributed by atoms with van der Waals surface area (Å²) < 4.78 is 0. The number of carbonyl (C=O) groups is 1. The number of hydrogen-bond donors (Lipinski definition) is 1. The zero-order valence-corrected chi connectivity index (χ0v) is 18.0. The van der Waals surface area contributed by atoms with E-state index in [0.717, 1.165) is 34.5 Å². The van der Waals surface area contributed by atoms with Crippen LogP contribution in [0.2, 0.25) is 0 Å². The molecule has 1 amide bonds. The summed E-state index contributed by atoms with van der Waals surface area (Å²) in [6, 6.07) is 16.2. The molecule has 5 nitrogen and oxygen atoms in total. The molecule has 1 aliphatic rings. The third-order valence-corrected chi connectivity index (χ3v) is 7.14. The molecule has 0 unspecified atom stereocenters. The molecule has 0 spiro atoms. The molecule has 7 heteroatoms. The van der Waals surface area contributed by atoms with Crippen molar-refractivity contribution in [3.8, 4) is 22.6 Å². The Bertz CT molecular complexity index is 1220. The molecule has 2 aromatic heterocycles. The second-order valence-corrected chi connectivity index (χ2v) is 9.05. The minimum atomic E-state index is -0.142. The van der Waals surface area contributed by atoms with Crippen LogP contribution < -0.4 is 5.32 Å². The zero-order chi connectivity index (χ0) is 21.1. The van der Waals surface area contributed by atoms with Crippen LogP contribution in [-0.2, 0) is 17.6 Å². The van der Waals surface area contributed by atoms with Gasteiger partial charge in [0.1, 0.15) is 22.2 Å². The third-order valence-electron chi connectivity index (χ3n) is 4.97. The van der Waals surface area contributed by atoms with Crippen molar-refractivity contribution < 1.29 is 4.79 Å². The first kappa shape index (κ1) is 20.2. The molecule has 4 rings (SSSR count). The van der Waals surface area contributed by atoms with E-state index in [4.69, 9.17) is 0 Å². The summed E-state index contributed by atoms with van der Waals surface area (Å²) in [6.45, 7) is 1.87. The molecule has 0 fully saturated rings. The molecular formula is C23H18N4OS2. The summed E-state index contributed by atoms with van der Waals surface area (Å²) in [5.74, 6) is 0.365. The molecule has 0 saturated heterocycles. The Labute approximate surface area is 183 Å². The molecule has 0 saturated carbocycles. The lowest BCUT2D eigenvalue weighted by Gasteiger charge is -2.15. The molecule has 1 N–H and O–H groups in total. The lowest BCUT2D eigenvalue weighted by molar-refractivity contribution is -0.115. The highest BCUT2D eigenvalue weighted by molar-refractivity contribution is 7.99. The van der Waals surface area contributed by atoms with Crippen molar-refractivity contribution in [3.05, 3.63) is 64.3 Å². The van der Waals surface area contributed by atoms with Crippen LogP contribution in [0.3, 0.4) is 0 Å². The van der Waals surface area contributed by atoms with Gasteiger partial charge in [-0.05, 0) is 48.6 Å². The second kappa shape index (κ2) is 8.71. The van der Waals surface area contributed by atoms with Crippen LogP contribution in [-0.4, -0.2) is 16.6 Å². The Kier molecular flexibility index (Phi) is 5.85. The van der Waals surface area contributed by atoms with Crippen molar-refractivity contribution in [2.45, 2.75) is 31.2 Å². The minimum Gasteiger partial charge on any atom is -0.317 e. The van der Waals surface area contributed by atoms with Gasteiger partial charge in [0, 0.05) is 22.7 Å². The minimum absolute atomic E-state index is 0.142. The highest BCUT2D eigenvalue weighted by Crippen LogP contribution is 2.44. The number of aryl methyl sites for hydroxylation is 2. The maximum Gasteiger partial charge on any atom is 0.225 e. The van der Waals surface area contributed by atoms with Gasteiger partial charge in [-0.3, -0.25) is 4.79 Å². The Morgan fingerprint density at radius 1 is 1.20 bits per heavy atom. The van der Waals surface area contributed by atoms with E-state index in [1.807, 2.05) is 19.1 Å². The summed E-state index contributed by atoms with van der Waals surface area (Å²) in [4.78, 5) is 18.0. The normalized spacial score (nSPS) is 11.7. The van der Waals surface area contributed by atoms with E-state index in [-0.39, 0.29) is 12.3 Å². The topological polar surface area (TPSA) is 89.6 Å². The standard InChI is InChI=1S/C23H18N4OS2/c1-14-6-7-16(12-24)22(26-14)29-11-10-20(28)27-23-19(13-25)18-9-8-15-4-2-3-5-17(15)21(18)30-23/h2-7H,8-11H2,1H3,(H,27,28). The van der Waals surface area contributed by atoms with Gasteiger partial charge in [0.15, 0.2) is 0 Å². The Morgan fingerprint density at radius 2 is 2.03 bits per heavy atom. The monoisotopic (exact) mass is 430 g/mol. The molecule has 0 radical (unpaired) electrons. The number of carbonyl (C=O) groups excluding carboxylic acids is 1. The van der Waals surface area contributed by atoms with Crippen molar-refractivity contribution in [2.24, 2.45) is 0 Å². The molecule has 1 aromatic carbocycles. The van der Waals surface area contributed by atoms with Crippen LogP contribution in [0.4, 0.5) is 5.00 Å². The van der Waals surface area contributed by atoms with Crippen molar-refractivity contribution in [1.82, 2.24) is 4.98 Å². The summed E-state index contributed by atoms with van der Waals surface area (Å²) >= 11 is 2.88. The Balaban J connectivity index is 1.46. The molecule has 3 aromatic rings. The van der Waals surface area contributed by atoms with E-state index in [0.29, 0.717) is 26.9 Å². The first-order chi connectivity index (χ1) is 14.6. The largest absolute Gasteiger partial charge is 0.317 e. The van der Waals surface area contributed by atoms with Crippen molar-refractivity contribution >= 4 is 34.0 Å². The number of nitrogens with one attached hydrogen (secondary N) is 1. The molecule has 0 bridgehead atoms. The predicted molar refractivity (Wildman–Crippen MR) is 120 cm³/mol. The van der Waals surface area contributed by atoms with Gasteiger partial charge < -0.3 is 5.32 Å². The number of anilines is 1. The van der Waals surface area contributed by atoms with Gasteiger partial charge in [-0.15, -0.1) is 23.1 Å². The van der Waals surface area contributed by atoms with Gasteiger partial charge in [-0.25, -0.2) is 4.98 Å². The zero-order valence-electron chi connectivity index (χ0n) is 16.4. The quantitative estimate of drug-likeness (QED) is 0.570. The van der Waals surface area contributed by atoms with Gasteiger partial charge in [0.05, 0.1) is 11.1 Å². The fraction of sp³-hybridized carbons (Fsp3) is 0.217. The number of benzene rings is 1. The van der Waals surface area contributed by atoms with Crippen LogP contribution in [0.15, 0.2) is 41.4 Å². The number of rotatable bonds is 5. The first-order valence-corrected chi connectivity index (χ1v) is 11.4. The highest BCUT2D eigenvalue weighted by Gasteiger charge is 2.25. The van der Waals surface area contributed by atoms with Crippen molar-refractivity contribution in [2.75, 3.05) is 11.1 Å². The van der Waals surface area contributed by atoms with Gasteiger partial charge >= 0.3 is 0 Å². The lowest BCUT2D eigenvalue weighted by atomic mass is 9.90. The first-order valence-electron chi connectivity index (χ1n) is 9.55. The van der Waals surface area contributed by atoms with E-state index in [1.54, 1.807) is 12.1 Å². The number of thioether (sulfide) groups is 1. The molecule has 0 aliphatic heterocycles. The number of pyridine rings is 1. The number of fused-ring (bicyclic) bond motifs is 3. The number of nitrogens with zero attached hydrogens (tertiary/aromatic N) is 3. The number of aromatic nitrogens is 1. The van der Waals surface area contributed by atoms with E-state index >= 15 is 0 Å². The summed E-state index contributed by atoms with van der Waals surface area (Å²) in [5, 5.41) is 23.1. The van der Waals surface area contributed by atoms with E-state index in [1.165, 1.54) is 28.7 Å². The summed E-state index contributed by atoms with van der Waals surface area (Å²) in [7, 11) is 0. The number of hydrogen-bond acceptors (Lipinski definition) is 6. The van der Waals surface area contributed by atoms with Crippen molar-refractivity contribution in [3.63, 3.8) is 0 Å². The molecule has 2 heterocycles. The maximum absolute atomic E-state index is 12.5. The number of thiophene rings is 1. The van der Waals surface area contributed by atoms with Crippen LogP contribution in [0.1, 0.15) is 34.4 Å². The molecule has 148 valence electrons. The Hall–Kier alpha value is -3.13. The molecule has 1 aliphatic carbocycles. The number of amides is 1. The lowest BCUT2D eigenvalue weighted by Crippen LogP contribution is -2.12. The van der Waals surface area contributed by atoms with Crippen LogP contribution in [0.5, 0.6) is 0 Å². The predicted octanol–water partition coefficient (Wildman–Crippen LogP) is 5.08. The molecule has 30 heavy (non-hydrogen) atoms.